The third-order valence-corrected chi connectivity index (χ3v) is 12.8. The molecule has 1 aliphatic heterocycles. The zero-order chi connectivity index (χ0) is 24.8. The first-order chi connectivity index (χ1) is 17.4. The van der Waals surface area contributed by atoms with Crippen LogP contribution in [0.1, 0.15) is 90.0 Å². The number of fused-ring (bicyclic) bond motifs is 5. The van der Waals surface area contributed by atoms with E-state index in [0.29, 0.717) is 17.4 Å². The maximum absolute atomic E-state index is 12.0. The molecule has 5 fully saturated rings. The smallest absolute Gasteiger partial charge is 0.0960 e. The van der Waals surface area contributed by atoms with E-state index in [1.165, 1.54) is 82.9 Å². The van der Waals surface area contributed by atoms with Crippen molar-refractivity contribution in [3.05, 3.63) is 22.4 Å². The summed E-state index contributed by atoms with van der Waals surface area (Å²) in [6.07, 6.45) is 14.2. The first-order valence-electron chi connectivity index (χ1n) is 15.1. The topological polar surface area (TPSA) is 41.9 Å². The van der Waals surface area contributed by atoms with Gasteiger partial charge in [-0.3, -0.25) is 0 Å². The fraction of sp³-hybridized carbons (Fsp3) is 0.871. The SMILES string of the molecule is C[C@]12CC[C@H](OCCOCCN3CCCC3)CC1CC[C@@H]1[C@@H]2CC[C@@]2(C)[C@H]1CC[C@@]2(O)c1ccsc1. The molecule has 2 heterocycles. The average molecular weight is 516 g/mol. The van der Waals surface area contributed by atoms with Crippen molar-refractivity contribution in [2.24, 2.45) is 34.5 Å². The van der Waals surface area contributed by atoms with Crippen LogP contribution in [-0.2, 0) is 15.1 Å². The van der Waals surface area contributed by atoms with E-state index in [9.17, 15) is 5.11 Å². The zero-order valence-corrected chi connectivity index (χ0v) is 23.6. The average Bonchev–Trinajstić information content (AvgIpc) is 3.64. The fourth-order valence-corrected chi connectivity index (χ4v) is 10.7. The minimum absolute atomic E-state index is 0.0352. The molecule has 0 bridgehead atoms. The van der Waals surface area contributed by atoms with E-state index in [1.807, 2.05) is 0 Å². The van der Waals surface area contributed by atoms with Gasteiger partial charge in [0.05, 0.1) is 31.5 Å². The highest BCUT2D eigenvalue weighted by molar-refractivity contribution is 7.08. The molecule has 0 aromatic carbocycles. The first kappa shape index (κ1) is 25.8. The van der Waals surface area contributed by atoms with Gasteiger partial charge in [-0.2, -0.15) is 11.3 Å². The minimum Gasteiger partial charge on any atom is -0.385 e. The molecule has 4 saturated carbocycles. The third kappa shape index (κ3) is 4.33. The lowest BCUT2D eigenvalue weighted by Gasteiger charge is -2.61. The van der Waals surface area contributed by atoms with Crippen LogP contribution in [0.3, 0.4) is 0 Å². The van der Waals surface area contributed by atoms with Crippen molar-refractivity contribution in [2.75, 3.05) is 39.5 Å². The van der Waals surface area contributed by atoms with E-state index < -0.39 is 5.60 Å². The van der Waals surface area contributed by atoms with Crippen LogP contribution in [0, 0.1) is 34.5 Å². The van der Waals surface area contributed by atoms with Gasteiger partial charge in [0.25, 0.3) is 0 Å². The van der Waals surface area contributed by atoms with Gasteiger partial charge >= 0.3 is 0 Å². The molecule has 5 aliphatic rings. The van der Waals surface area contributed by atoms with Crippen LogP contribution in [-0.4, -0.2) is 55.6 Å². The van der Waals surface area contributed by atoms with E-state index in [4.69, 9.17) is 9.47 Å². The van der Waals surface area contributed by atoms with Crippen molar-refractivity contribution >= 4 is 11.3 Å². The number of thiophene rings is 1. The minimum atomic E-state index is -0.623. The molecule has 5 heteroatoms. The van der Waals surface area contributed by atoms with Crippen molar-refractivity contribution in [2.45, 2.75) is 96.2 Å². The molecule has 1 saturated heterocycles. The summed E-state index contributed by atoms with van der Waals surface area (Å²) in [5.74, 6) is 3.09. The van der Waals surface area contributed by atoms with Gasteiger partial charge in [0.2, 0.25) is 0 Å². The monoisotopic (exact) mass is 515 g/mol. The summed E-state index contributed by atoms with van der Waals surface area (Å²) in [4.78, 5) is 2.52. The molecule has 6 rings (SSSR count). The lowest BCUT2D eigenvalue weighted by Crippen LogP contribution is -2.56. The highest BCUT2D eigenvalue weighted by Gasteiger charge is 2.65. The van der Waals surface area contributed by atoms with Crippen LogP contribution in [0.15, 0.2) is 16.8 Å². The number of rotatable bonds is 8. The maximum atomic E-state index is 12.0. The second kappa shape index (κ2) is 10.3. The second-order valence-corrected chi connectivity index (χ2v) is 14.2. The highest BCUT2D eigenvalue weighted by atomic mass is 32.1. The number of hydrogen-bond donors (Lipinski definition) is 1. The Morgan fingerprint density at radius 3 is 2.61 bits per heavy atom. The first-order valence-corrected chi connectivity index (χ1v) is 16.1. The van der Waals surface area contributed by atoms with Crippen LogP contribution in [0.5, 0.6) is 0 Å². The highest BCUT2D eigenvalue weighted by Crippen LogP contribution is 2.70. The van der Waals surface area contributed by atoms with Crippen LogP contribution in [0.4, 0.5) is 0 Å². The summed E-state index contributed by atoms with van der Waals surface area (Å²) in [7, 11) is 0. The molecule has 8 atom stereocenters. The van der Waals surface area contributed by atoms with Gasteiger partial charge in [-0.25, -0.2) is 0 Å². The lowest BCUT2D eigenvalue weighted by molar-refractivity contribution is -0.165. The van der Waals surface area contributed by atoms with Gasteiger partial charge in [0.1, 0.15) is 0 Å². The summed E-state index contributed by atoms with van der Waals surface area (Å²) in [5.41, 5.74) is 1.06. The van der Waals surface area contributed by atoms with Gasteiger partial charge < -0.3 is 19.5 Å². The van der Waals surface area contributed by atoms with Gasteiger partial charge in [0.15, 0.2) is 0 Å². The molecular weight excluding hydrogens is 466 g/mol. The number of nitrogens with zero attached hydrogens (tertiary/aromatic N) is 1. The summed E-state index contributed by atoms with van der Waals surface area (Å²) < 4.78 is 12.3. The standard InChI is InChI=1S/C31H49NO3S/c1-29-11-7-25(35-19-18-34-17-16-32-14-3-4-15-32)21-23(29)5-6-26-27(29)8-12-30(2)28(26)9-13-31(30,33)24-10-20-36-22-24/h10,20,22-23,25-28,33H,3-9,11-19,21H2,1-2H3/t23?,25-,26+,27-,28-,29-,30-,31+/m0/s1. The molecule has 1 aromatic rings. The molecule has 1 N–H and O–H groups in total. The Kier molecular flexibility index (Phi) is 7.35. The Hall–Kier alpha value is -0.460. The third-order valence-electron chi connectivity index (χ3n) is 12.1. The Balaban J connectivity index is 1.02. The van der Waals surface area contributed by atoms with Crippen molar-refractivity contribution in [3.63, 3.8) is 0 Å². The maximum Gasteiger partial charge on any atom is 0.0960 e. The summed E-state index contributed by atoms with van der Waals surface area (Å²) >= 11 is 1.73. The predicted octanol–water partition coefficient (Wildman–Crippen LogP) is 6.48. The molecule has 0 spiro atoms. The van der Waals surface area contributed by atoms with Crippen LogP contribution in [0.25, 0.3) is 0 Å². The van der Waals surface area contributed by atoms with E-state index in [1.54, 1.807) is 11.3 Å². The van der Waals surface area contributed by atoms with Gasteiger partial charge in [-0.05, 0) is 135 Å². The number of hydrogen-bond acceptors (Lipinski definition) is 5. The van der Waals surface area contributed by atoms with Crippen molar-refractivity contribution in [1.29, 1.82) is 0 Å². The van der Waals surface area contributed by atoms with Gasteiger partial charge in [-0.1, -0.05) is 13.8 Å². The van der Waals surface area contributed by atoms with E-state index >= 15 is 0 Å². The molecule has 1 unspecified atom stereocenters. The molecule has 202 valence electrons. The van der Waals surface area contributed by atoms with Crippen molar-refractivity contribution in [1.82, 2.24) is 4.90 Å². The summed E-state index contributed by atoms with van der Waals surface area (Å²) in [6.45, 7) is 11.0. The Bertz CT molecular complexity index is 871. The summed E-state index contributed by atoms with van der Waals surface area (Å²) in [5, 5.41) is 16.3. The van der Waals surface area contributed by atoms with Gasteiger partial charge in [0, 0.05) is 12.0 Å². The van der Waals surface area contributed by atoms with Crippen molar-refractivity contribution in [3.8, 4) is 0 Å². The quantitative estimate of drug-likeness (QED) is 0.403. The Labute approximate surface area is 223 Å². The second-order valence-electron chi connectivity index (χ2n) is 13.5. The number of aliphatic hydroxyl groups is 1. The number of ether oxygens (including phenoxy) is 2. The molecule has 4 aliphatic carbocycles. The van der Waals surface area contributed by atoms with E-state index in [-0.39, 0.29) is 5.41 Å². The lowest BCUT2D eigenvalue weighted by atomic mass is 9.44. The Morgan fingerprint density at radius 2 is 1.81 bits per heavy atom. The van der Waals surface area contributed by atoms with Gasteiger partial charge in [-0.15, -0.1) is 0 Å². The molecule has 0 amide bonds. The molecule has 36 heavy (non-hydrogen) atoms. The van der Waals surface area contributed by atoms with E-state index in [0.717, 1.165) is 50.5 Å². The molecule has 1 aromatic heterocycles. The van der Waals surface area contributed by atoms with Crippen LogP contribution >= 0.6 is 11.3 Å². The molecule has 0 radical (unpaired) electrons. The molecular formula is C31H49NO3S. The van der Waals surface area contributed by atoms with E-state index in [2.05, 4.69) is 35.6 Å². The number of likely N-dealkylation sites (tertiary alicyclic amines) is 1. The normalized spacial score (nSPS) is 44.8. The fourth-order valence-electron chi connectivity index (χ4n) is 9.94. The Morgan fingerprint density at radius 1 is 0.972 bits per heavy atom. The van der Waals surface area contributed by atoms with Crippen LogP contribution < -0.4 is 0 Å². The van der Waals surface area contributed by atoms with Crippen LogP contribution in [0.2, 0.25) is 0 Å². The van der Waals surface area contributed by atoms with Crippen molar-refractivity contribution < 1.29 is 14.6 Å². The molecule has 4 nitrogen and oxygen atoms in total. The summed E-state index contributed by atoms with van der Waals surface area (Å²) in [6, 6.07) is 2.18. The zero-order valence-electron chi connectivity index (χ0n) is 22.8. The predicted molar refractivity (Wildman–Crippen MR) is 146 cm³/mol. The largest absolute Gasteiger partial charge is 0.385 e.